The Hall–Kier alpha value is -2.52. The van der Waals surface area contributed by atoms with Crippen LogP contribution < -0.4 is 4.74 Å². The molecule has 0 heterocycles. The molecule has 0 radical (unpaired) electrons. The number of benzene rings is 2. The van der Waals surface area contributed by atoms with E-state index in [0.717, 1.165) is 12.1 Å². The zero-order valence-corrected chi connectivity index (χ0v) is 10.7. The topological polar surface area (TPSA) is 53.2 Å². The highest BCUT2D eigenvalue weighted by molar-refractivity contribution is 5.45. The summed E-state index contributed by atoms with van der Waals surface area (Å²) in [7, 11) is 0. The highest BCUT2D eigenvalue weighted by Crippen LogP contribution is 2.35. The Morgan fingerprint density at radius 2 is 1.81 bits per heavy atom. The van der Waals surface area contributed by atoms with Crippen molar-refractivity contribution >= 4 is 0 Å². The predicted molar refractivity (Wildman–Crippen MR) is 68.6 cm³/mol. The second kappa shape index (κ2) is 5.85. The fraction of sp³-hybridized carbons (Fsp3) is 0.133. The number of aliphatic hydroxyl groups excluding tert-OH is 1. The Morgan fingerprint density at radius 1 is 1.10 bits per heavy atom. The van der Waals surface area contributed by atoms with E-state index in [-0.39, 0.29) is 12.4 Å². The van der Waals surface area contributed by atoms with Crippen LogP contribution in [-0.4, -0.2) is 5.11 Å². The number of alkyl halides is 3. The summed E-state index contributed by atoms with van der Waals surface area (Å²) in [5.41, 5.74) is -0.919. The molecule has 0 aliphatic heterocycles. The van der Waals surface area contributed by atoms with E-state index in [4.69, 9.17) is 15.1 Å². The van der Waals surface area contributed by atoms with Crippen LogP contribution in [0.15, 0.2) is 42.5 Å². The fourth-order valence-electron chi connectivity index (χ4n) is 1.76. The van der Waals surface area contributed by atoms with Crippen LogP contribution >= 0.6 is 0 Å². The number of halogens is 3. The van der Waals surface area contributed by atoms with E-state index < -0.39 is 17.3 Å². The molecule has 21 heavy (non-hydrogen) atoms. The molecule has 0 amide bonds. The molecule has 0 atom stereocenters. The smallest absolute Gasteiger partial charge is 0.417 e. The molecular formula is C15H10F3NO2. The lowest BCUT2D eigenvalue weighted by atomic mass is 10.1. The van der Waals surface area contributed by atoms with Crippen LogP contribution in [0.1, 0.15) is 16.7 Å². The number of nitriles is 1. The van der Waals surface area contributed by atoms with Gasteiger partial charge in [-0.3, -0.25) is 0 Å². The summed E-state index contributed by atoms with van der Waals surface area (Å²) in [6.07, 6.45) is -4.63. The maximum Gasteiger partial charge on any atom is 0.417 e. The minimum absolute atomic E-state index is 0.0311. The van der Waals surface area contributed by atoms with E-state index in [0.29, 0.717) is 11.3 Å². The molecule has 0 unspecified atom stereocenters. The first kappa shape index (κ1) is 14.9. The molecule has 0 spiro atoms. The van der Waals surface area contributed by atoms with Crippen LogP contribution in [0.3, 0.4) is 0 Å². The summed E-state index contributed by atoms with van der Waals surface area (Å²) >= 11 is 0. The average Bonchev–Trinajstić information content (AvgIpc) is 2.46. The van der Waals surface area contributed by atoms with Crippen molar-refractivity contribution in [1.29, 1.82) is 5.26 Å². The number of rotatable bonds is 3. The van der Waals surface area contributed by atoms with Crippen LogP contribution in [0.25, 0.3) is 0 Å². The molecule has 0 saturated heterocycles. The zero-order valence-electron chi connectivity index (χ0n) is 10.7. The van der Waals surface area contributed by atoms with Gasteiger partial charge in [0.1, 0.15) is 11.5 Å². The third-order valence-electron chi connectivity index (χ3n) is 2.73. The number of hydrogen-bond donors (Lipinski definition) is 1. The summed E-state index contributed by atoms with van der Waals surface area (Å²) in [5, 5.41) is 17.7. The van der Waals surface area contributed by atoms with Crippen molar-refractivity contribution in [2.45, 2.75) is 12.8 Å². The fourth-order valence-corrected chi connectivity index (χ4v) is 1.76. The summed E-state index contributed by atoms with van der Waals surface area (Å²) in [5.74, 6) is 0.274. The zero-order chi connectivity index (χ0) is 15.5. The van der Waals surface area contributed by atoms with Crippen molar-refractivity contribution < 1.29 is 23.0 Å². The standard InChI is InChI=1S/C15H10F3NO2/c16-15(17,18)14-7-13(5-4-11(14)8-19)21-12-3-1-2-10(6-12)9-20/h1-7,20H,9H2. The second-order valence-electron chi connectivity index (χ2n) is 4.22. The summed E-state index contributed by atoms with van der Waals surface area (Å²) < 4.78 is 43.8. The molecular weight excluding hydrogens is 283 g/mol. The minimum atomic E-state index is -4.63. The molecule has 2 aromatic rings. The third kappa shape index (κ3) is 3.52. The molecule has 0 saturated carbocycles. The number of ether oxygens (including phenoxy) is 1. The quantitative estimate of drug-likeness (QED) is 0.934. The molecule has 0 aromatic heterocycles. The first-order valence-corrected chi connectivity index (χ1v) is 5.93. The van der Waals surface area contributed by atoms with E-state index in [2.05, 4.69) is 0 Å². The molecule has 6 heteroatoms. The van der Waals surface area contributed by atoms with Crippen molar-refractivity contribution in [1.82, 2.24) is 0 Å². The van der Waals surface area contributed by atoms with Crippen LogP contribution in [0, 0.1) is 11.3 Å². The van der Waals surface area contributed by atoms with Gasteiger partial charge in [0.25, 0.3) is 0 Å². The van der Waals surface area contributed by atoms with Crippen molar-refractivity contribution in [3.8, 4) is 17.6 Å². The predicted octanol–water partition coefficient (Wildman–Crippen LogP) is 3.86. The Balaban J connectivity index is 2.35. The van der Waals surface area contributed by atoms with Gasteiger partial charge in [0.15, 0.2) is 0 Å². The van der Waals surface area contributed by atoms with Gasteiger partial charge in [0, 0.05) is 0 Å². The monoisotopic (exact) mass is 293 g/mol. The number of nitrogens with zero attached hydrogens (tertiary/aromatic N) is 1. The van der Waals surface area contributed by atoms with Gasteiger partial charge in [-0.2, -0.15) is 18.4 Å². The van der Waals surface area contributed by atoms with Crippen molar-refractivity contribution in [3.63, 3.8) is 0 Å². The van der Waals surface area contributed by atoms with Gasteiger partial charge in [-0.15, -0.1) is 0 Å². The largest absolute Gasteiger partial charge is 0.457 e. The van der Waals surface area contributed by atoms with Gasteiger partial charge in [0.05, 0.1) is 23.8 Å². The van der Waals surface area contributed by atoms with Gasteiger partial charge in [-0.25, -0.2) is 0 Å². The number of aliphatic hydroxyl groups is 1. The molecule has 2 rings (SSSR count). The highest BCUT2D eigenvalue weighted by Gasteiger charge is 2.34. The molecule has 2 aromatic carbocycles. The van der Waals surface area contributed by atoms with E-state index in [1.54, 1.807) is 18.2 Å². The third-order valence-corrected chi connectivity index (χ3v) is 2.73. The molecule has 108 valence electrons. The maximum atomic E-state index is 12.8. The minimum Gasteiger partial charge on any atom is -0.457 e. The maximum absolute atomic E-state index is 12.8. The summed E-state index contributed by atoms with van der Waals surface area (Å²) in [6, 6.07) is 11.0. The van der Waals surface area contributed by atoms with Crippen molar-refractivity contribution in [2.75, 3.05) is 0 Å². The second-order valence-corrected chi connectivity index (χ2v) is 4.22. The Kier molecular flexibility index (Phi) is 4.15. The molecule has 3 nitrogen and oxygen atoms in total. The number of hydrogen-bond acceptors (Lipinski definition) is 3. The van der Waals surface area contributed by atoms with E-state index in [1.807, 2.05) is 0 Å². The van der Waals surface area contributed by atoms with Crippen molar-refractivity contribution in [3.05, 3.63) is 59.2 Å². The lowest BCUT2D eigenvalue weighted by Gasteiger charge is -2.12. The molecule has 0 fully saturated rings. The van der Waals surface area contributed by atoms with Crippen LogP contribution in [0.2, 0.25) is 0 Å². The van der Waals surface area contributed by atoms with Gasteiger partial charge < -0.3 is 9.84 Å². The van der Waals surface area contributed by atoms with E-state index in [1.165, 1.54) is 18.2 Å². The van der Waals surface area contributed by atoms with Gasteiger partial charge in [-0.05, 0) is 35.9 Å². The van der Waals surface area contributed by atoms with Gasteiger partial charge >= 0.3 is 6.18 Å². The lowest BCUT2D eigenvalue weighted by Crippen LogP contribution is -2.07. The Bertz CT molecular complexity index is 690. The van der Waals surface area contributed by atoms with E-state index >= 15 is 0 Å². The first-order valence-electron chi connectivity index (χ1n) is 5.93. The molecule has 0 aliphatic carbocycles. The molecule has 0 aliphatic rings. The summed E-state index contributed by atoms with van der Waals surface area (Å²) in [6.45, 7) is -0.196. The first-order chi connectivity index (χ1) is 9.94. The Labute approximate surface area is 118 Å². The molecule has 1 N–H and O–H groups in total. The Morgan fingerprint density at radius 3 is 2.43 bits per heavy atom. The van der Waals surface area contributed by atoms with Crippen LogP contribution in [0.4, 0.5) is 13.2 Å². The van der Waals surface area contributed by atoms with Gasteiger partial charge in [-0.1, -0.05) is 12.1 Å². The lowest BCUT2D eigenvalue weighted by molar-refractivity contribution is -0.137. The SMILES string of the molecule is N#Cc1ccc(Oc2cccc(CO)c2)cc1C(F)(F)F. The van der Waals surface area contributed by atoms with Crippen LogP contribution in [-0.2, 0) is 12.8 Å². The molecule has 0 bridgehead atoms. The normalized spacial score (nSPS) is 11.0. The highest BCUT2D eigenvalue weighted by atomic mass is 19.4. The van der Waals surface area contributed by atoms with Crippen LogP contribution in [0.5, 0.6) is 11.5 Å². The van der Waals surface area contributed by atoms with Gasteiger partial charge in [0.2, 0.25) is 0 Å². The average molecular weight is 293 g/mol. The summed E-state index contributed by atoms with van der Waals surface area (Å²) in [4.78, 5) is 0. The van der Waals surface area contributed by atoms with E-state index in [9.17, 15) is 13.2 Å². The van der Waals surface area contributed by atoms with Crippen molar-refractivity contribution in [2.24, 2.45) is 0 Å².